The number of aliphatic imine (C=N–C) groups is 1. The molecule has 2 nitrogen and oxygen atoms in total. The fraction of sp³-hybridized carbons (Fsp3) is 0.0476. The minimum atomic E-state index is 0.149. The standard InChI is InChI=1S/C21H13NO/c23-20-9-10-22-21-17-6-5-15-11-13-3-1-2-4-14(13)12-19(15)16(17)7-8-18(20)21/h1-8,10-12H,9H2. The van der Waals surface area contributed by atoms with E-state index in [1.807, 2.05) is 6.07 Å². The van der Waals surface area contributed by atoms with E-state index in [9.17, 15) is 4.79 Å². The number of Topliss-reactive ketones (excluding diaryl/α,β-unsaturated/α-hetero) is 1. The number of fused-ring (bicyclic) bond motifs is 6. The molecular weight excluding hydrogens is 282 g/mol. The number of rotatable bonds is 0. The van der Waals surface area contributed by atoms with Crippen molar-refractivity contribution in [1.82, 2.24) is 0 Å². The summed E-state index contributed by atoms with van der Waals surface area (Å²) in [6.07, 6.45) is 2.12. The van der Waals surface area contributed by atoms with Crippen molar-refractivity contribution in [1.29, 1.82) is 0 Å². The Morgan fingerprint density at radius 2 is 1.52 bits per heavy atom. The monoisotopic (exact) mass is 295 g/mol. The molecule has 0 fully saturated rings. The van der Waals surface area contributed by atoms with Gasteiger partial charge in [-0.05, 0) is 45.1 Å². The SMILES string of the molecule is O=C1CC=Nc2c1ccc1c2ccc2cc3ccccc3cc21. The van der Waals surface area contributed by atoms with Crippen molar-refractivity contribution in [3.05, 3.63) is 66.2 Å². The molecule has 0 unspecified atom stereocenters. The van der Waals surface area contributed by atoms with E-state index in [4.69, 9.17) is 0 Å². The van der Waals surface area contributed by atoms with Crippen LogP contribution in [0.15, 0.2) is 65.7 Å². The van der Waals surface area contributed by atoms with E-state index >= 15 is 0 Å². The Bertz CT molecular complexity index is 1150. The number of hydrogen-bond acceptors (Lipinski definition) is 2. The summed E-state index contributed by atoms with van der Waals surface area (Å²) in [5.74, 6) is 0.149. The maximum atomic E-state index is 12.1. The van der Waals surface area contributed by atoms with Crippen LogP contribution >= 0.6 is 0 Å². The third-order valence-corrected chi connectivity index (χ3v) is 4.65. The highest BCUT2D eigenvalue weighted by Gasteiger charge is 2.17. The number of carbonyl (C=O) groups excluding carboxylic acids is 1. The molecule has 0 aliphatic carbocycles. The molecule has 0 bridgehead atoms. The lowest BCUT2D eigenvalue weighted by molar-refractivity contribution is 0.100. The van der Waals surface area contributed by atoms with E-state index in [1.165, 1.54) is 21.5 Å². The summed E-state index contributed by atoms with van der Waals surface area (Å²) in [6, 6.07) is 21.0. The molecular formula is C21H13NO. The van der Waals surface area contributed by atoms with Crippen LogP contribution in [-0.2, 0) is 0 Å². The highest BCUT2D eigenvalue weighted by molar-refractivity contribution is 6.20. The van der Waals surface area contributed by atoms with Crippen molar-refractivity contribution in [2.75, 3.05) is 0 Å². The molecule has 0 amide bonds. The van der Waals surface area contributed by atoms with Gasteiger partial charge in [-0.3, -0.25) is 9.79 Å². The van der Waals surface area contributed by atoms with E-state index < -0.39 is 0 Å². The normalized spacial score (nSPS) is 13.8. The van der Waals surface area contributed by atoms with Gasteiger partial charge in [0.25, 0.3) is 0 Å². The minimum absolute atomic E-state index is 0.149. The zero-order chi connectivity index (χ0) is 15.4. The largest absolute Gasteiger partial charge is 0.294 e. The van der Waals surface area contributed by atoms with E-state index in [0.29, 0.717) is 6.42 Å². The Hall–Kier alpha value is -3.00. The number of hydrogen-bond donors (Lipinski definition) is 0. The van der Waals surface area contributed by atoms with Gasteiger partial charge >= 0.3 is 0 Å². The highest BCUT2D eigenvalue weighted by atomic mass is 16.1. The average Bonchev–Trinajstić information content (AvgIpc) is 2.60. The molecule has 0 radical (unpaired) electrons. The van der Waals surface area contributed by atoms with Crippen LogP contribution in [0.1, 0.15) is 16.8 Å². The zero-order valence-corrected chi connectivity index (χ0v) is 12.4. The topological polar surface area (TPSA) is 29.4 Å². The summed E-state index contributed by atoms with van der Waals surface area (Å²) in [5.41, 5.74) is 1.55. The van der Waals surface area contributed by atoms with E-state index in [1.54, 1.807) is 6.21 Å². The van der Waals surface area contributed by atoms with Crippen molar-refractivity contribution in [2.45, 2.75) is 6.42 Å². The van der Waals surface area contributed by atoms with Gasteiger partial charge in [0.2, 0.25) is 0 Å². The van der Waals surface area contributed by atoms with Crippen molar-refractivity contribution in [3.8, 4) is 0 Å². The molecule has 1 heterocycles. The van der Waals surface area contributed by atoms with Gasteiger partial charge < -0.3 is 0 Å². The molecule has 0 saturated carbocycles. The molecule has 1 aliphatic heterocycles. The Morgan fingerprint density at radius 3 is 2.39 bits per heavy atom. The lowest BCUT2D eigenvalue weighted by atomic mass is 9.93. The molecule has 0 spiro atoms. The van der Waals surface area contributed by atoms with Gasteiger partial charge in [-0.15, -0.1) is 0 Å². The summed E-state index contributed by atoms with van der Waals surface area (Å²) in [4.78, 5) is 16.6. The molecule has 4 aromatic carbocycles. The molecule has 1 aliphatic rings. The van der Waals surface area contributed by atoms with Gasteiger partial charge in [0.15, 0.2) is 5.78 Å². The Balaban J connectivity index is 1.95. The summed E-state index contributed by atoms with van der Waals surface area (Å²) in [7, 11) is 0. The van der Waals surface area contributed by atoms with Crippen LogP contribution in [0.3, 0.4) is 0 Å². The maximum absolute atomic E-state index is 12.1. The van der Waals surface area contributed by atoms with Crippen LogP contribution < -0.4 is 0 Å². The number of ketones is 1. The van der Waals surface area contributed by atoms with Crippen molar-refractivity contribution in [3.63, 3.8) is 0 Å². The summed E-state index contributed by atoms with van der Waals surface area (Å²) >= 11 is 0. The van der Waals surface area contributed by atoms with Crippen molar-refractivity contribution >= 4 is 50.0 Å². The predicted octanol–water partition coefficient (Wildman–Crippen LogP) is 5.43. The van der Waals surface area contributed by atoms with Crippen LogP contribution in [0, 0.1) is 0 Å². The van der Waals surface area contributed by atoms with Crippen LogP contribution in [-0.4, -0.2) is 12.0 Å². The van der Waals surface area contributed by atoms with Gasteiger partial charge in [0.1, 0.15) is 0 Å². The zero-order valence-electron chi connectivity index (χ0n) is 12.4. The van der Waals surface area contributed by atoms with Crippen LogP contribution in [0.4, 0.5) is 5.69 Å². The quantitative estimate of drug-likeness (QED) is 0.314. The lowest BCUT2D eigenvalue weighted by Crippen LogP contribution is -2.04. The van der Waals surface area contributed by atoms with Gasteiger partial charge in [0.05, 0.1) is 5.69 Å². The number of carbonyl (C=O) groups is 1. The number of benzene rings is 4. The summed E-state index contributed by atoms with van der Waals surface area (Å²) in [6.45, 7) is 0. The third kappa shape index (κ3) is 1.75. The molecule has 5 rings (SSSR count). The van der Waals surface area contributed by atoms with E-state index in [2.05, 4.69) is 59.6 Å². The van der Waals surface area contributed by atoms with Gasteiger partial charge in [-0.25, -0.2) is 0 Å². The fourth-order valence-corrected chi connectivity index (χ4v) is 3.51. The van der Waals surface area contributed by atoms with Crippen LogP contribution in [0.25, 0.3) is 32.3 Å². The Morgan fingerprint density at radius 1 is 0.739 bits per heavy atom. The third-order valence-electron chi connectivity index (χ3n) is 4.65. The maximum Gasteiger partial charge on any atom is 0.170 e. The second kappa shape index (κ2) is 4.50. The van der Waals surface area contributed by atoms with Gasteiger partial charge in [-0.1, -0.05) is 42.5 Å². The summed E-state index contributed by atoms with van der Waals surface area (Å²) < 4.78 is 0. The molecule has 0 N–H and O–H groups in total. The molecule has 0 saturated heterocycles. The predicted molar refractivity (Wildman–Crippen MR) is 96.1 cm³/mol. The second-order valence-electron chi connectivity index (χ2n) is 5.98. The van der Waals surface area contributed by atoms with E-state index in [-0.39, 0.29) is 5.78 Å². The number of nitrogens with zero attached hydrogens (tertiary/aromatic N) is 1. The Labute approximate surface area is 133 Å². The fourth-order valence-electron chi connectivity index (χ4n) is 3.51. The van der Waals surface area contributed by atoms with Crippen molar-refractivity contribution in [2.24, 2.45) is 4.99 Å². The lowest BCUT2D eigenvalue weighted by Gasteiger charge is -2.13. The van der Waals surface area contributed by atoms with Gasteiger partial charge in [-0.2, -0.15) is 0 Å². The van der Waals surface area contributed by atoms with Crippen molar-refractivity contribution < 1.29 is 4.79 Å². The first-order chi connectivity index (χ1) is 11.3. The van der Waals surface area contributed by atoms with Crippen LogP contribution in [0.2, 0.25) is 0 Å². The Kier molecular flexibility index (Phi) is 2.45. The summed E-state index contributed by atoms with van der Waals surface area (Å²) in [5, 5.41) is 7.09. The highest BCUT2D eigenvalue weighted by Crippen LogP contribution is 2.37. The first kappa shape index (κ1) is 12.5. The first-order valence-electron chi connectivity index (χ1n) is 7.75. The smallest absolute Gasteiger partial charge is 0.170 e. The molecule has 2 heteroatoms. The molecule has 0 aromatic heterocycles. The van der Waals surface area contributed by atoms with Crippen LogP contribution in [0.5, 0.6) is 0 Å². The average molecular weight is 295 g/mol. The second-order valence-corrected chi connectivity index (χ2v) is 5.98. The molecule has 4 aromatic rings. The van der Waals surface area contributed by atoms with E-state index in [0.717, 1.165) is 22.0 Å². The molecule has 0 atom stereocenters. The van der Waals surface area contributed by atoms with Gasteiger partial charge in [0, 0.05) is 23.6 Å². The minimum Gasteiger partial charge on any atom is -0.294 e. The molecule has 108 valence electrons. The first-order valence-corrected chi connectivity index (χ1v) is 7.75. The molecule has 23 heavy (non-hydrogen) atoms.